The molecular formula is C13H22ClN4+. The van der Waals surface area contributed by atoms with Crippen molar-refractivity contribution in [2.75, 3.05) is 13.1 Å². The Hall–Kier alpha value is -0.870. The monoisotopic (exact) mass is 269 g/mol. The van der Waals surface area contributed by atoms with Crippen molar-refractivity contribution in [2.24, 2.45) is 5.73 Å². The van der Waals surface area contributed by atoms with Crippen LogP contribution in [0.1, 0.15) is 32.6 Å². The predicted octanol–water partition coefficient (Wildman–Crippen LogP) is 1.43. The first-order valence-electron chi connectivity index (χ1n) is 6.56. The molecule has 1 heterocycles. The van der Waals surface area contributed by atoms with Crippen LogP contribution >= 0.6 is 11.6 Å². The molecule has 0 amide bonds. The first kappa shape index (κ1) is 13.6. The fraction of sp³-hybridized carbons (Fsp3) is 0.692. The molecule has 4 nitrogen and oxygen atoms in total. The minimum atomic E-state index is 0.00695. The Kier molecular flexibility index (Phi) is 4.07. The first-order valence-corrected chi connectivity index (χ1v) is 6.93. The zero-order valence-electron chi connectivity index (χ0n) is 10.9. The van der Waals surface area contributed by atoms with Gasteiger partial charge in [-0.2, -0.15) is 0 Å². The van der Waals surface area contributed by atoms with Crippen molar-refractivity contribution in [3.8, 4) is 0 Å². The van der Waals surface area contributed by atoms with Gasteiger partial charge in [0.05, 0.1) is 12.1 Å². The Labute approximate surface area is 113 Å². The Morgan fingerprint density at radius 1 is 1.50 bits per heavy atom. The van der Waals surface area contributed by atoms with Crippen molar-refractivity contribution < 1.29 is 4.58 Å². The molecule has 0 radical (unpaired) electrons. The smallest absolute Gasteiger partial charge is 0.267 e. The second-order valence-electron chi connectivity index (χ2n) is 5.61. The molecule has 5 heteroatoms. The highest BCUT2D eigenvalue weighted by Gasteiger charge is 2.37. The lowest BCUT2D eigenvalue weighted by molar-refractivity contribution is -0.510. The molecule has 1 saturated heterocycles. The molecule has 0 aromatic rings. The molecule has 1 atom stereocenters. The van der Waals surface area contributed by atoms with Gasteiger partial charge in [-0.25, -0.2) is 0 Å². The van der Waals surface area contributed by atoms with Crippen molar-refractivity contribution in [1.82, 2.24) is 5.32 Å². The van der Waals surface area contributed by atoms with Gasteiger partial charge in [-0.15, -0.1) is 0 Å². The van der Waals surface area contributed by atoms with Crippen molar-refractivity contribution in [1.29, 1.82) is 5.41 Å². The quantitative estimate of drug-likeness (QED) is 0.411. The summed E-state index contributed by atoms with van der Waals surface area (Å²) in [6.45, 7) is 4.16. The minimum absolute atomic E-state index is 0.00695. The fourth-order valence-electron chi connectivity index (χ4n) is 2.61. The predicted molar refractivity (Wildman–Crippen MR) is 75.7 cm³/mol. The number of hydrogen-bond acceptors (Lipinski definition) is 2. The number of nitrogens with zero attached hydrogens (tertiary/aromatic N) is 1. The van der Waals surface area contributed by atoms with Gasteiger partial charge in [0.15, 0.2) is 0 Å². The summed E-state index contributed by atoms with van der Waals surface area (Å²) < 4.78 is 2.15. The number of rotatable bonds is 4. The summed E-state index contributed by atoms with van der Waals surface area (Å²) in [7, 11) is 0. The normalized spacial score (nSPS) is 31.7. The maximum absolute atomic E-state index is 7.14. The molecule has 2 rings (SSSR count). The molecule has 2 aliphatic rings. The number of nitrogens with one attached hydrogen (secondary N) is 2. The van der Waals surface area contributed by atoms with Crippen LogP contribution in [0.3, 0.4) is 0 Å². The SMILES string of the molecule is CC1(NC2CCC2)CC[N+](=C(N)/C=C\C(=N)Cl)C1. The summed E-state index contributed by atoms with van der Waals surface area (Å²) in [4.78, 5) is 0. The van der Waals surface area contributed by atoms with E-state index >= 15 is 0 Å². The molecule has 0 aromatic carbocycles. The molecule has 1 saturated carbocycles. The molecule has 1 aliphatic carbocycles. The topological polar surface area (TPSA) is 64.9 Å². The van der Waals surface area contributed by atoms with Crippen molar-refractivity contribution in [3.05, 3.63) is 12.2 Å². The van der Waals surface area contributed by atoms with Gasteiger partial charge in [-0.3, -0.25) is 15.7 Å². The van der Waals surface area contributed by atoms with E-state index in [1.807, 2.05) is 0 Å². The van der Waals surface area contributed by atoms with E-state index in [2.05, 4.69) is 16.8 Å². The lowest BCUT2D eigenvalue weighted by atomic mass is 9.89. The Bertz CT molecular complexity index is 398. The van der Waals surface area contributed by atoms with Crippen LogP contribution in [0.5, 0.6) is 0 Å². The number of amidine groups is 1. The van der Waals surface area contributed by atoms with E-state index in [9.17, 15) is 0 Å². The van der Waals surface area contributed by atoms with Gasteiger partial charge in [0.2, 0.25) is 0 Å². The van der Waals surface area contributed by atoms with E-state index in [4.69, 9.17) is 22.7 Å². The minimum Gasteiger partial charge on any atom is -0.305 e. The molecule has 4 N–H and O–H groups in total. The van der Waals surface area contributed by atoms with Crippen LogP contribution in [-0.4, -0.2) is 40.3 Å². The van der Waals surface area contributed by atoms with Crippen LogP contribution in [0.4, 0.5) is 0 Å². The second kappa shape index (κ2) is 5.41. The Morgan fingerprint density at radius 2 is 2.22 bits per heavy atom. The highest BCUT2D eigenvalue weighted by Crippen LogP contribution is 2.25. The molecule has 2 fully saturated rings. The average molecular weight is 270 g/mol. The fourth-order valence-corrected chi connectivity index (χ4v) is 2.67. The van der Waals surface area contributed by atoms with Gasteiger partial charge in [-0.05, 0) is 25.8 Å². The average Bonchev–Trinajstić information content (AvgIpc) is 2.64. The summed E-state index contributed by atoms with van der Waals surface area (Å²) in [5.41, 5.74) is 6.16. The van der Waals surface area contributed by atoms with Crippen LogP contribution in [0.25, 0.3) is 0 Å². The summed E-state index contributed by atoms with van der Waals surface area (Å²) in [5, 5.41) is 10.9. The van der Waals surface area contributed by atoms with Crippen molar-refractivity contribution in [3.63, 3.8) is 0 Å². The van der Waals surface area contributed by atoms with E-state index in [0.29, 0.717) is 11.9 Å². The number of nitrogens with two attached hydrogens (primary N) is 1. The van der Waals surface area contributed by atoms with Gasteiger partial charge in [0.25, 0.3) is 5.84 Å². The molecule has 100 valence electrons. The number of allylic oxidation sites excluding steroid dienone is 1. The third kappa shape index (κ3) is 3.33. The van der Waals surface area contributed by atoms with E-state index in [-0.39, 0.29) is 10.7 Å². The molecule has 0 aromatic heterocycles. The van der Waals surface area contributed by atoms with E-state index in [0.717, 1.165) is 19.5 Å². The molecule has 0 bridgehead atoms. The standard InChI is InChI=1S/C13H21ClN4/c1-13(17-10-3-2-4-10)7-8-18(9-13)12(16)6-5-11(14)15/h5-6,10,15-17H,2-4,7-9H2,1H3/p+1/b6-5-,15-11?. The third-order valence-electron chi connectivity index (χ3n) is 3.90. The van der Waals surface area contributed by atoms with E-state index in [1.165, 1.54) is 25.3 Å². The van der Waals surface area contributed by atoms with Gasteiger partial charge in [0.1, 0.15) is 11.7 Å². The summed E-state index contributed by atoms with van der Waals surface area (Å²) in [6.07, 6.45) is 8.30. The lowest BCUT2D eigenvalue weighted by Crippen LogP contribution is -2.52. The highest BCUT2D eigenvalue weighted by atomic mass is 35.5. The lowest BCUT2D eigenvalue weighted by Gasteiger charge is -2.34. The van der Waals surface area contributed by atoms with Crippen LogP contribution < -0.4 is 11.1 Å². The van der Waals surface area contributed by atoms with E-state index in [1.54, 1.807) is 6.08 Å². The van der Waals surface area contributed by atoms with Crippen molar-refractivity contribution in [2.45, 2.75) is 44.2 Å². The highest BCUT2D eigenvalue weighted by molar-refractivity contribution is 6.67. The first-order chi connectivity index (χ1) is 8.48. The molecule has 1 aliphatic heterocycles. The van der Waals surface area contributed by atoms with Crippen molar-refractivity contribution >= 4 is 22.6 Å². The van der Waals surface area contributed by atoms with Crippen LogP contribution in [0.15, 0.2) is 12.2 Å². The van der Waals surface area contributed by atoms with Crippen LogP contribution in [0, 0.1) is 5.41 Å². The van der Waals surface area contributed by atoms with Gasteiger partial charge in [-0.1, -0.05) is 18.0 Å². The van der Waals surface area contributed by atoms with E-state index < -0.39 is 0 Å². The number of halogens is 1. The summed E-state index contributed by atoms with van der Waals surface area (Å²) in [6, 6.07) is 0.697. The largest absolute Gasteiger partial charge is 0.305 e. The molecule has 1 unspecified atom stereocenters. The van der Waals surface area contributed by atoms with Gasteiger partial charge >= 0.3 is 0 Å². The Morgan fingerprint density at radius 3 is 2.78 bits per heavy atom. The van der Waals surface area contributed by atoms with Gasteiger partial charge in [0, 0.05) is 18.5 Å². The second-order valence-corrected chi connectivity index (χ2v) is 6.02. The van der Waals surface area contributed by atoms with Crippen LogP contribution in [-0.2, 0) is 0 Å². The summed E-state index contributed by atoms with van der Waals surface area (Å²) >= 11 is 5.48. The maximum atomic E-state index is 7.14. The number of hydrogen-bond donors (Lipinski definition) is 3. The molecular weight excluding hydrogens is 248 g/mol. The summed E-state index contributed by atoms with van der Waals surface area (Å²) in [5.74, 6) is 0.694. The molecule has 0 spiro atoms. The van der Waals surface area contributed by atoms with Gasteiger partial charge < -0.3 is 5.32 Å². The zero-order chi connectivity index (χ0) is 13.2. The zero-order valence-corrected chi connectivity index (χ0v) is 11.6. The van der Waals surface area contributed by atoms with Crippen LogP contribution in [0.2, 0.25) is 0 Å². The molecule has 18 heavy (non-hydrogen) atoms. The maximum Gasteiger partial charge on any atom is 0.267 e. The Balaban J connectivity index is 1.97. The third-order valence-corrected chi connectivity index (χ3v) is 4.02.